The molecular weight excluding hydrogens is 256 g/mol. The number of nitrogens with zero attached hydrogens (tertiary/aromatic N) is 1. The zero-order valence-electron chi connectivity index (χ0n) is 9.38. The van der Waals surface area contributed by atoms with Crippen LogP contribution >= 0.6 is 15.9 Å². The quantitative estimate of drug-likeness (QED) is 0.917. The number of rotatable bonds is 4. The van der Waals surface area contributed by atoms with Gasteiger partial charge in [-0.3, -0.25) is 0 Å². The Kier molecular flexibility index (Phi) is 4.11. The third-order valence-corrected chi connectivity index (χ3v) is 2.77. The monoisotopic (exact) mass is 272 g/mol. The van der Waals surface area contributed by atoms with Crippen molar-refractivity contribution in [3.8, 4) is 5.88 Å². The van der Waals surface area contributed by atoms with Gasteiger partial charge in [-0.1, -0.05) is 6.92 Å². The van der Waals surface area contributed by atoms with Crippen LogP contribution in [0.5, 0.6) is 5.88 Å². The van der Waals surface area contributed by atoms with E-state index in [0.29, 0.717) is 12.4 Å². The minimum absolute atomic E-state index is 0.204. The van der Waals surface area contributed by atoms with E-state index in [0.717, 1.165) is 16.5 Å². The van der Waals surface area contributed by atoms with Gasteiger partial charge >= 0.3 is 0 Å². The molecule has 1 heterocycles. The van der Waals surface area contributed by atoms with E-state index in [-0.39, 0.29) is 5.60 Å². The molecule has 0 bridgehead atoms. The van der Waals surface area contributed by atoms with Crippen LogP contribution in [0.4, 0.5) is 0 Å². The van der Waals surface area contributed by atoms with Crippen LogP contribution in [0.1, 0.15) is 32.8 Å². The van der Waals surface area contributed by atoms with Crippen molar-refractivity contribution in [1.29, 1.82) is 0 Å². The molecule has 0 fully saturated rings. The van der Waals surface area contributed by atoms with Crippen molar-refractivity contribution in [1.82, 2.24) is 4.98 Å². The smallest absolute Gasteiger partial charge is 0.218 e. The van der Waals surface area contributed by atoms with E-state index >= 15 is 0 Å². The van der Waals surface area contributed by atoms with Crippen LogP contribution < -0.4 is 10.5 Å². The molecule has 84 valence electrons. The molecule has 0 aliphatic rings. The second-order valence-electron chi connectivity index (χ2n) is 4.04. The highest BCUT2D eigenvalue weighted by molar-refractivity contribution is 9.10. The first-order valence-corrected chi connectivity index (χ1v) is 5.81. The van der Waals surface area contributed by atoms with Crippen molar-refractivity contribution >= 4 is 15.9 Å². The Morgan fingerprint density at radius 3 is 2.73 bits per heavy atom. The Labute approximate surface area is 99.2 Å². The Balaban J connectivity index is 2.94. The summed E-state index contributed by atoms with van der Waals surface area (Å²) in [6.45, 7) is 6.59. The van der Waals surface area contributed by atoms with Crippen molar-refractivity contribution in [2.75, 3.05) is 0 Å². The van der Waals surface area contributed by atoms with Crippen LogP contribution in [0.2, 0.25) is 0 Å². The number of hydrogen-bond donors (Lipinski definition) is 1. The first-order chi connectivity index (χ1) is 6.98. The summed E-state index contributed by atoms with van der Waals surface area (Å²) < 4.78 is 6.74. The zero-order valence-corrected chi connectivity index (χ0v) is 11.0. The highest BCUT2D eigenvalue weighted by Crippen LogP contribution is 2.24. The third kappa shape index (κ3) is 3.47. The molecule has 0 aliphatic carbocycles. The zero-order chi connectivity index (χ0) is 11.5. The highest BCUT2D eigenvalue weighted by Gasteiger charge is 2.19. The van der Waals surface area contributed by atoms with Gasteiger partial charge in [-0.2, -0.15) is 0 Å². The van der Waals surface area contributed by atoms with Gasteiger partial charge in [0.2, 0.25) is 5.88 Å². The van der Waals surface area contributed by atoms with E-state index < -0.39 is 0 Å². The van der Waals surface area contributed by atoms with Crippen LogP contribution in [0.25, 0.3) is 0 Å². The van der Waals surface area contributed by atoms with Crippen LogP contribution in [-0.2, 0) is 6.54 Å². The second kappa shape index (κ2) is 4.94. The maximum atomic E-state index is 5.82. The maximum absolute atomic E-state index is 5.82. The third-order valence-electron chi connectivity index (χ3n) is 2.34. The molecule has 0 amide bonds. The average Bonchev–Trinajstić information content (AvgIpc) is 2.20. The summed E-state index contributed by atoms with van der Waals surface area (Å²) in [6.07, 6.45) is 2.65. The average molecular weight is 273 g/mol. The molecule has 2 N–H and O–H groups in total. The van der Waals surface area contributed by atoms with Crippen molar-refractivity contribution < 1.29 is 4.74 Å². The molecule has 0 radical (unpaired) electrons. The normalized spacial score (nSPS) is 11.5. The van der Waals surface area contributed by atoms with Gasteiger partial charge in [0, 0.05) is 22.8 Å². The maximum Gasteiger partial charge on any atom is 0.218 e. The molecular formula is C11H17BrN2O. The van der Waals surface area contributed by atoms with E-state index in [9.17, 15) is 0 Å². The van der Waals surface area contributed by atoms with Crippen molar-refractivity contribution in [2.45, 2.75) is 39.3 Å². The number of nitrogens with two attached hydrogens (primary N) is 1. The van der Waals surface area contributed by atoms with Gasteiger partial charge < -0.3 is 10.5 Å². The summed E-state index contributed by atoms with van der Waals surface area (Å²) in [5.41, 5.74) is 6.36. The van der Waals surface area contributed by atoms with Crippen molar-refractivity contribution in [3.05, 3.63) is 22.3 Å². The van der Waals surface area contributed by atoms with Crippen LogP contribution in [0.3, 0.4) is 0 Å². The Morgan fingerprint density at radius 1 is 1.53 bits per heavy atom. The SMILES string of the molecule is CCC(C)(C)Oc1ncc(Br)cc1CN. The standard InChI is InChI=1S/C11H17BrN2O/c1-4-11(2,3)15-10-8(6-13)5-9(12)7-14-10/h5,7H,4,6,13H2,1-3H3. The molecule has 0 saturated heterocycles. The topological polar surface area (TPSA) is 48.1 Å². The summed E-state index contributed by atoms with van der Waals surface area (Å²) in [7, 11) is 0. The molecule has 0 saturated carbocycles. The van der Waals surface area contributed by atoms with E-state index in [1.807, 2.05) is 19.9 Å². The van der Waals surface area contributed by atoms with E-state index in [1.54, 1.807) is 6.20 Å². The lowest BCUT2D eigenvalue weighted by Gasteiger charge is -2.25. The fraction of sp³-hybridized carbons (Fsp3) is 0.545. The summed E-state index contributed by atoms with van der Waals surface area (Å²) >= 11 is 3.36. The number of aromatic nitrogens is 1. The fourth-order valence-electron chi connectivity index (χ4n) is 1.04. The molecule has 0 unspecified atom stereocenters. The largest absolute Gasteiger partial charge is 0.471 e. The molecule has 0 atom stereocenters. The molecule has 15 heavy (non-hydrogen) atoms. The first-order valence-electron chi connectivity index (χ1n) is 5.02. The number of hydrogen-bond acceptors (Lipinski definition) is 3. The minimum Gasteiger partial charge on any atom is -0.471 e. The van der Waals surface area contributed by atoms with Gasteiger partial charge in [0.25, 0.3) is 0 Å². The molecule has 0 spiro atoms. The van der Waals surface area contributed by atoms with Crippen LogP contribution in [0, 0.1) is 0 Å². The van der Waals surface area contributed by atoms with Crippen molar-refractivity contribution in [3.63, 3.8) is 0 Å². The number of ether oxygens (including phenoxy) is 1. The number of pyridine rings is 1. The second-order valence-corrected chi connectivity index (χ2v) is 4.95. The van der Waals surface area contributed by atoms with Crippen LogP contribution in [0.15, 0.2) is 16.7 Å². The molecule has 4 heteroatoms. The van der Waals surface area contributed by atoms with Gasteiger partial charge in [0.05, 0.1) is 0 Å². The van der Waals surface area contributed by atoms with Gasteiger partial charge in [0.1, 0.15) is 5.60 Å². The predicted octanol–water partition coefficient (Wildman–Crippen LogP) is 2.87. The van der Waals surface area contributed by atoms with E-state index in [4.69, 9.17) is 10.5 Å². The summed E-state index contributed by atoms with van der Waals surface area (Å²) in [6, 6.07) is 1.94. The molecule has 1 aromatic rings. The highest BCUT2D eigenvalue weighted by atomic mass is 79.9. The molecule has 0 aromatic carbocycles. The van der Waals surface area contributed by atoms with E-state index in [1.165, 1.54) is 0 Å². The number of halogens is 1. The Morgan fingerprint density at radius 2 is 2.20 bits per heavy atom. The Bertz CT molecular complexity index is 339. The summed E-state index contributed by atoms with van der Waals surface area (Å²) in [5.74, 6) is 0.632. The lowest BCUT2D eigenvalue weighted by molar-refractivity contribution is 0.0975. The fourth-order valence-corrected chi connectivity index (χ4v) is 1.42. The Hall–Kier alpha value is -0.610. The molecule has 3 nitrogen and oxygen atoms in total. The molecule has 1 rings (SSSR count). The van der Waals surface area contributed by atoms with Crippen LogP contribution in [-0.4, -0.2) is 10.6 Å². The predicted molar refractivity (Wildman–Crippen MR) is 64.8 cm³/mol. The summed E-state index contributed by atoms with van der Waals surface area (Å²) in [5, 5.41) is 0. The lowest BCUT2D eigenvalue weighted by atomic mass is 10.1. The lowest BCUT2D eigenvalue weighted by Crippen LogP contribution is -2.28. The van der Waals surface area contributed by atoms with Gasteiger partial charge in [-0.15, -0.1) is 0 Å². The minimum atomic E-state index is -0.204. The van der Waals surface area contributed by atoms with Gasteiger partial charge in [-0.05, 0) is 42.3 Å². The van der Waals surface area contributed by atoms with E-state index in [2.05, 4.69) is 27.8 Å². The van der Waals surface area contributed by atoms with Gasteiger partial charge in [-0.25, -0.2) is 4.98 Å². The van der Waals surface area contributed by atoms with Gasteiger partial charge in [0.15, 0.2) is 0 Å². The molecule has 1 aromatic heterocycles. The van der Waals surface area contributed by atoms with Crippen molar-refractivity contribution in [2.24, 2.45) is 5.73 Å². The summed E-state index contributed by atoms with van der Waals surface area (Å²) in [4.78, 5) is 4.23. The molecule has 0 aliphatic heterocycles. The first kappa shape index (κ1) is 12.5.